The fourth-order valence-corrected chi connectivity index (χ4v) is 2.49. The normalized spacial score (nSPS) is 20.1. The molecule has 0 aromatic heterocycles. The van der Waals surface area contributed by atoms with Gasteiger partial charge >= 0.3 is 0 Å². The van der Waals surface area contributed by atoms with E-state index in [-0.39, 0.29) is 17.9 Å². The van der Waals surface area contributed by atoms with E-state index in [2.05, 4.69) is 10.6 Å². The number of amides is 2. The summed E-state index contributed by atoms with van der Waals surface area (Å²) in [5.74, 6) is -0.0517. The fourth-order valence-electron chi connectivity index (χ4n) is 2.29. The smallest absolute Gasteiger partial charge is 0.275 e. The Hall–Kier alpha value is -1.59. The third-order valence-corrected chi connectivity index (χ3v) is 3.58. The lowest BCUT2D eigenvalue weighted by Gasteiger charge is -2.24. The van der Waals surface area contributed by atoms with Gasteiger partial charge in [0, 0.05) is 5.02 Å². The number of piperazine rings is 1. The monoisotopic (exact) mass is 296 g/mol. The molecule has 1 fully saturated rings. The van der Waals surface area contributed by atoms with Crippen LogP contribution in [0, 0.1) is 0 Å². The van der Waals surface area contributed by atoms with Crippen molar-refractivity contribution in [3.8, 4) is 0 Å². The summed E-state index contributed by atoms with van der Waals surface area (Å²) in [5, 5.41) is 6.34. The summed E-state index contributed by atoms with van der Waals surface area (Å²) < 4.78 is 0. The van der Waals surface area contributed by atoms with Crippen molar-refractivity contribution in [3.05, 3.63) is 34.9 Å². The Morgan fingerprint density at radius 2 is 2.35 bits per heavy atom. The first kappa shape index (κ1) is 14.8. The molecule has 0 saturated carbocycles. The molecule has 3 N–H and O–H groups in total. The minimum absolute atomic E-state index is 0.00180. The summed E-state index contributed by atoms with van der Waals surface area (Å²) in [6, 6.07) is 7.33. The standard InChI is InChI=1S/C14H18ClN3O2/c1-10(11-3-2-4-12(15)7-11)17-14(20)9-18-6-5-16-13(19)8-18/h2-4,7,10H,5-6,8-9H2,1H3,(H,16,19)(H,17,20)/p+1/t10-/m1/s1. The van der Waals surface area contributed by atoms with Gasteiger partial charge in [0.2, 0.25) is 0 Å². The molecule has 6 heteroatoms. The van der Waals surface area contributed by atoms with Crippen molar-refractivity contribution >= 4 is 23.4 Å². The number of carbonyl (C=O) groups is 2. The van der Waals surface area contributed by atoms with Crippen LogP contribution in [0.3, 0.4) is 0 Å². The number of rotatable bonds is 4. The van der Waals surface area contributed by atoms with Crippen LogP contribution in [0.2, 0.25) is 5.02 Å². The number of halogens is 1. The Bertz CT molecular complexity index is 507. The summed E-state index contributed by atoms with van der Waals surface area (Å²) in [6.45, 7) is 4.01. The maximum Gasteiger partial charge on any atom is 0.275 e. The van der Waals surface area contributed by atoms with E-state index in [0.717, 1.165) is 17.0 Å². The lowest BCUT2D eigenvalue weighted by molar-refractivity contribution is -0.885. The Balaban J connectivity index is 1.86. The van der Waals surface area contributed by atoms with Gasteiger partial charge in [0.05, 0.1) is 19.1 Å². The molecule has 0 bridgehead atoms. The van der Waals surface area contributed by atoms with Crippen molar-refractivity contribution in [2.75, 3.05) is 26.2 Å². The molecule has 20 heavy (non-hydrogen) atoms. The number of benzene rings is 1. The molecule has 108 valence electrons. The molecule has 1 aliphatic rings. The topological polar surface area (TPSA) is 62.6 Å². The van der Waals surface area contributed by atoms with Crippen LogP contribution in [0.4, 0.5) is 0 Å². The summed E-state index contributed by atoms with van der Waals surface area (Å²) >= 11 is 5.94. The van der Waals surface area contributed by atoms with Gasteiger partial charge in [0.1, 0.15) is 0 Å². The highest BCUT2D eigenvalue weighted by Gasteiger charge is 2.22. The quantitative estimate of drug-likeness (QED) is 0.704. The van der Waals surface area contributed by atoms with Gasteiger partial charge in [-0.2, -0.15) is 0 Å². The molecular weight excluding hydrogens is 278 g/mol. The second kappa shape index (κ2) is 6.72. The first-order chi connectivity index (χ1) is 9.54. The van der Waals surface area contributed by atoms with Crippen molar-refractivity contribution in [1.82, 2.24) is 10.6 Å². The molecule has 0 spiro atoms. The number of carbonyl (C=O) groups excluding carboxylic acids is 2. The maximum atomic E-state index is 12.0. The van der Waals surface area contributed by atoms with Gasteiger partial charge in [-0.25, -0.2) is 0 Å². The predicted octanol–water partition coefficient (Wildman–Crippen LogP) is -0.468. The Morgan fingerprint density at radius 3 is 3.05 bits per heavy atom. The zero-order valence-corrected chi connectivity index (χ0v) is 12.2. The third kappa shape index (κ3) is 4.21. The van der Waals surface area contributed by atoms with E-state index in [4.69, 9.17) is 11.6 Å². The van der Waals surface area contributed by atoms with Crippen LogP contribution in [0.5, 0.6) is 0 Å². The van der Waals surface area contributed by atoms with Crippen molar-refractivity contribution in [2.24, 2.45) is 0 Å². The molecule has 5 nitrogen and oxygen atoms in total. The molecule has 1 aliphatic heterocycles. The second-order valence-corrected chi connectivity index (χ2v) is 5.48. The van der Waals surface area contributed by atoms with Crippen molar-refractivity contribution in [1.29, 1.82) is 0 Å². The predicted molar refractivity (Wildman–Crippen MR) is 76.6 cm³/mol. The highest BCUT2D eigenvalue weighted by Crippen LogP contribution is 2.16. The van der Waals surface area contributed by atoms with Crippen LogP contribution >= 0.6 is 11.6 Å². The molecule has 1 aromatic carbocycles. The first-order valence-electron chi connectivity index (χ1n) is 6.69. The maximum absolute atomic E-state index is 12.0. The lowest BCUT2D eigenvalue weighted by atomic mass is 10.1. The molecular formula is C14H19ClN3O2+. The number of hydrogen-bond acceptors (Lipinski definition) is 2. The Morgan fingerprint density at radius 1 is 1.55 bits per heavy atom. The summed E-state index contributed by atoms with van der Waals surface area (Å²) in [5.41, 5.74) is 0.970. The van der Waals surface area contributed by atoms with Gasteiger partial charge in [-0.1, -0.05) is 23.7 Å². The molecule has 1 aromatic rings. The summed E-state index contributed by atoms with van der Waals surface area (Å²) in [7, 11) is 0. The molecule has 2 amide bonds. The van der Waals surface area contributed by atoms with Crippen LogP contribution < -0.4 is 15.5 Å². The van der Waals surface area contributed by atoms with E-state index in [1.54, 1.807) is 6.07 Å². The van der Waals surface area contributed by atoms with Crippen LogP contribution in [-0.4, -0.2) is 38.0 Å². The van der Waals surface area contributed by atoms with Crippen molar-refractivity contribution in [3.63, 3.8) is 0 Å². The highest BCUT2D eigenvalue weighted by atomic mass is 35.5. The lowest BCUT2D eigenvalue weighted by Crippen LogP contribution is -3.16. The molecule has 1 unspecified atom stereocenters. The zero-order valence-electron chi connectivity index (χ0n) is 11.4. The molecule has 2 rings (SSSR count). The van der Waals surface area contributed by atoms with E-state index in [1.165, 1.54) is 0 Å². The minimum Gasteiger partial charge on any atom is -0.346 e. The third-order valence-electron chi connectivity index (χ3n) is 3.35. The van der Waals surface area contributed by atoms with Gasteiger partial charge in [0.15, 0.2) is 13.1 Å². The van der Waals surface area contributed by atoms with Crippen LogP contribution in [-0.2, 0) is 9.59 Å². The van der Waals surface area contributed by atoms with Crippen LogP contribution in [0.1, 0.15) is 18.5 Å². The van der Waals surface area contributed by atoms with Crippen molar-refractivity contribution < 1.29 is 14.5 Å². The molecule has 0 aliphatic carbocycles. The largest absolute Gasteiger partial charge is 0.346 e. The van der Waals surface area contributed by atoms with E-state index in [9.17, 15) is 9.59 Å². The average Bonchev–Trinajstić information content (AvgIpc) is 2.38. The van der Waals surface area contributed by atoms with Gasteiger partial charge in [-0.3, -0.25) is 9.59 Å². The van der Waals surface area contributed by atoms with E-state index < -0.39 is 0 Å². The number of quaternary nitrogens is 1. The Labute approximate surface area is 123 Å². The average molecular weight is 297 g/mol. The fraction of sp³-hybridized carbons (Fsp3) is 0.429. The molecule has 2 atom stereocenters. The SMILES string of the molecule is C[C@@H](NC(=O)C[NH+]1CCNC(=O)C1)c1cccc(Cl)c1. The van der Waals surface area contributed by atoms with Gasteiger partial charge in [0.25, 0.3) is 11.8 Å². The highest BCUT2D eigenvalue weighted by molar-refractivity contribution is 6.30. The van der Waals surface area contributed by atoms with Gasteiger partial charge in [-0.05, 0) is 24.6 Å². The van der Waals surface area contributed by atoms with E-state index in [1.807, 2.05) is 25.1 Å². The summed E-state index contributed by atoms with van der Waals surface area (Å²) in [4.78, 5) is 24.2. The van der Waals surface area contributed by atoms with Crippen LogP contribution in [0.25, 0.3) is 0 Å². The number of hydrogen-bond donors (Lipinski definition) is 3. The van der Waals surface area contributed by atoms with Crippen LogP contribution in [0.15, 0.2) is 24.3 Å². The van der Waals surface area contributed by atoms with E-state index in [0.29, 0.717) is 24.7 Å². The zero-order chi connectivity index (χ0) is 14.5. The minimum atomic E-state index is -0.0979. The Kier molecular flexibility index (Phi) is 4.98. The van der Waals surface area contributed by atoms with Gasteiger partial charge in [-0.15, -0.1) is 0 Å². The second-order valence-electron chi connectivity index (χ2n) is 5.05. The summed E-state index contributed by atoms with van der Waals surface area (Å²) in [6.07, 6.45) is 0. The number of nitrogens with one attached hydrogen (secondary N) is 3. The first-order valence-corrected chi connectivity index (χ1v) is 7.07. The molecule has 0 radical (unpaired) electrons. The van der Waals surface area contributed by atoms with Crippen molar-refractivity contribution in [2.45, 2.75) is 13.0 Å². The molecule has 1 saturated heterocycles. The molecule has 1 heterocycles. The van der Waals surface area contributed by atoms with E-state index >= 15 is 0 Å². The van der Waals surface area contributed by atoms with Gasteiger partial charge < -0.3 is 15.5 Å².